The molecule has 0 radical (unpaired) electrons. The summed E-state index contributed by atoms with van der Waals surface area (Å²) in [5.74, 6) is -0.104. The molecule has 1 heterocycles. The van der Waals surface area contributed by atoms with Crippen molar-refractivity contribution in [1.82, 2.24) is 9.97 Å². The van der Waals surface area contributed by atoms with Gasteiger partial charge < -0.3 is 11.1 Å². The van der Waals surface area contributed by atoms with Gasteiger partial charge in [0, 0.05) is 17.3 Å². The molecule has 1 aromatic carbocycles. The second-order valence-electron chi connectivity index (χ2n) is 3.87. The molecule has 5 nitrogen and oxygen atoms in total. The van der Waals surface area contributed by atoms with Gasteiger partial charge in [0.2, 0.25) is 5.28 Å². The van der Waals surface area contributed by atoms with Crippen molar-refractivity contribution in [3.05, 3.63) is 45.8 Å². The lowest BCUT2D eigenvalue weighted by Gasteiger charge is -2.08. The van der Waals surface area contributed by atoms with Gasteiger partial charge in [-0.2, -0.15) is 0 Å². The topological polar surface area (TPSA) is 80.9 Å². The average Bonchev–Trinajstić information content (AvgIpc) is 2.30. The molecule has 0 fully saturated rings. The third-order valence-electron chi connectivity index (χ3n) is 2.42. The summed E-state index contributed by atoms with van der Waals surface area (Å²) in [6.07, 6.45) is 0. The number of halogens is 2. The summed E-state index contributed by atoms with van der Waals surface area (Å²) in [4.78, 5) is 19.6. The average molecular weight is 297 g/mol. The molecule has 0 saturated heterocycles. The predicted molar refractivity (Wildman–Crippen MR) is 75.6 cm³/mol. The van der Waals surface area contributed by atoms with E-state index in [1.54, 1.807) is 18.2 Å². The van der Waals surface area contributed by atoms with Crippen LogP contribution < -0.4 is 11.1 Å². The molecule has 7 heteroatoms. The number of hydrogen-bond donors (Lipinski definition) is 2. The molecule has 1 amide bonds. The van der Waals surface area contributed by atoms with Crippen molar-refractivity contribution < 1.29 is 4.79 Å². The second kappa shape index (κ2) is 5.42. The molecule has 0 atom stereocenters. The Morgan fingerprint density at radius 1 is 1.26 bits per heavy atom. The van der Waals surface area contributed by atoms with E-state index in [1.165, 1.54) is 6.07 Å². The smallest absolute Gasteiger partial charge is 0.257 e. The van der Waals surface area contributed by atoms with E-state index in [1.807, 2.05) is 6.92 Å². The Hall–Kier alpha value is -1.85. The van der Waals surface area contributed by atoms with E-state index < -0.39 is 0 Å². The molecular formula is C12H10Cl2N4O. The van der Waals surface area contributed by atoms with Crippen LogP contribution in [-0.2, 0) is 0 Å². The fourth-order valence-electron chi connectivity index (χ4n) is 1.52. The van der Waals surface area contributed by atoms with Gasteiger partial charge in [-0.1, -0.05) is 17.7 Å². The van der Waals surface area contributed by atoms with E-state index in [0.717, 1.165) is 5.56 Å². The van der Waals surface area contributed by atoms with Crippen molar-refractivity contribution in [2.24, 2.45) is 0 Å². The highest BCUT2D eigenvalue weighted by atomic mass is 35.5. The van der Waals surface area contributed by atoms with Gasteiger partial charge in [-0.15, -0.1) is 0 Å². The van der Waals surface area contributed by atoms with Crippen LogP contribution in [0.25, 0.3) is 0 Å². The van der Waals surface area contributed by atoms with Crippen molar-refractivity contribution in [3.63, 3.8) is 0 Å². The van der Waals surface area contributed by atoms with Crippen LogP contribution in [0.2, 0.25) is 10.4 Å². The molecule has 0 aliphatic rings. The van der Waals surface area contributed by atoms with Crippen LogP contribution in [0.3, 0.4) is 0 Å². The number of carbonyl (C=O) groups is 1. The standard InChI is InChI=1S/C12H10Cl2N4O/c1-6-2-3-7(15)4-8(6)11(19)17-10-5-9(13)16-12(14)18-10/h2-5H,15H2,1H3,(H,16,17,18,19). The first-order valence-corrected chi connectivity index (χ1v) is 6.09. The lowest BCUT2D eigenvalue weighted by Crippen LogP contribution is -2.15. The summed E-state index contributed by atoms with van der Waals surface area (Å²) in [5.41, 5.74) is 7.44. The largest absolute Gasteiger partial charge is 0.399 e. The third-order valence-corrected chi connectivity index (χ3v) is 2.78. The maximum atomic E-state index is 12.1. The molecule has 1 aromatic heterocycles. The first-order chi connectivity index (χ1) is 8.95. The summed E-state index contributed by atoms with van der Waals surface area (Å²) in [7, 11) is 0. The number of nitrogens with one attached hydrogen (secondary N) is 1. The Morgan fingerprint density at radius 2 is 2.00 bits per heavy atom. The summed E-state index contributed by atoms with van der Waals surface area (Å²) < 4.78 is 0. The summed E-state index contributed by atoms with van der Waals surface area (Å²) in [5, 5.41) is 2.71. The number of hydrogen-bond acceptors (Lipinski definition) is 4. The number of carbonyl (C=O) groups excluding carboxylic acids is 1. The number of anilines is 2. The minimum atomic E-state index is -0.337. The normalized spacial score (nSPS) is 10.3. The molecule has 19 heavy (non-hydrogen) atoms. The van der Waals surface area contributed by atoms with Crippen LogP contribution in [-0.4, -0.2) is 15.9 Å². The van der Waals surface area contributed by atoms with Crippen molar-refractivity contribution >= 4 is 40.6 Å². The van der Waals surface area contributed by atoms with Gasteiger partial charge in [0.05, 0.1) is 0 Å². The maximum Gasteiger partial charge on any atom is 0.257 e. The number of nitrogens with two attached hydrogens (primary N) is 1. The van der Waals surface area contributed by atoms with Gasteiger partial charge >= 0.3 is 0 Å². The number of aromatic nitrogens is 2. The van der Waals surface area contributed by atoms with Crippen LogP contribution >= 0.6 is 23.2 Å². The SMILES string of the molecule is Cc1ccc(N)cc1C(=O)Nc1cc(Cl)nc(Cl)n1. The number of amides is 1. The quantitative estimate of drug-likeness (QED) is 0.507. The summed E-state index contributed by atoms with van der Waals surface area (Å²) in [6.45, 7) is 1.81. The van der Waals surface area contributed by atoms with Crippen molar-refractivity contribution in [1.29, 1.82) is 0 Å². The molecule has 0 spiro atoms. The maximum absolute atomic E-state index is 12.1. The monoisotopic (exact) mass is 296 g/mol. The minimum absolute atomic E-state index is 0.0351. The molecule has 2 rings (SSSR count). The lowest BCUT2D eigenvalue weighted by molar-refractivity contribution is 0.102. The Balaban J connectivity index is 2.28. The van der Waals surface area contributed by atoms with Crippen LogP contribution in [0.1, 0.15) is 15.9 Å². The van der Waals surface area contributed by atoms with E-state index in [0.29, 0.717) is 11.3 Å². The van der Waals surface area contributed by atoms with E-state index >= 15 is 0 Å². The predicted octanol–water partition coefficient (Wildman–Crippen LogP) is 2.93. The Kier molecular flexibility index (Phi) is 3.87. The summed E-state index contributed by atoms with van der Waals surface area (Å²) in [6, 6.07) is 6.50. The van der Waals surface area contributed by atoms with Crippen molar-refractivity contribution in [3.8, 4) is 0 Å². The van der Waals surface area contributed by atoms with E-state index in [9.17, 15) is 4.79 Å². The van der Waals surface area contributed by atoms with Gasteiger partial charge in [0.25, 0.3) is 5.91 Å². The highest BCUT2D eigenvalue weighted by Crippen LogP contribution is 2.17. The van der Waals surface area contributed by atoms with Gasteiger partial charge in [0.15, 0.2) is 0 Å². The van der Waals surface area contributed by atoms with E-state index in [2.05, 4.69) is 15.3 Å². The molecule has 0 saturated carbocycles. The van der Waals surface area contributed by atoms with Crippen molar-refractivity contribution in [2.45, 2.75) is 6.92 Å². The van der Waals surface area contributed by atoms with Crippen LogP contribution in [0.5, 0.6) is 0 Å². The van der Waals surface area contributed by atoms with E-state index in [-0.39, 0.29) is 22.2 Å². The number of aryl methyl sites for hydroxylation is 1. The van der Waals surface area contributed by atoms with Gasteiger partial charge in [0.1, 0.15) is 11.0 Å². The molecule has 3 N–H and O–H groups in total. The third kappa shape index (κ3) is 3.33. The Labute approximate surface area is 119 Å². The highest BCUT2D eigenvalue weighted by Gasteiger charge is 2.11. The molecule has 0 aliphatic carbocycles. The molecular weight excluding hydrogens is 287 g/mol. The van der Waals surface area contributed by atoms with Gasteiger partial charge in [-0.3, -0.25) is 4.79 Å². The van der Waals surface area contributed by atoms with Crippen LogP contribution in [0.4, 0.5) is 11.5 Å². The summed E-state index contributed by atoms with van der Waals surface area (Å²) >= 11 is 11.4. The minimum Gasteiger partial charge on any atom is -0.399 e. The van der Waals surface area contributed by atoms with Crippen molar-refractivity contribution in [2.75, 3.05) is 11.1 Å². The van der Waals surface area contributed by atoms with Crippen LogP contribution in [0, 0.1) is 6.92 Å². The molecule has 98 valence electrons. The first-order valence-electron chi connectivity index (χ1n) is 5.33. The first kappa shape index (κ1) is 13.6. The number of benzene rings is 1. The second-order valence-corrected chi connectivity index (χ2v) is 4.60. The molecule has 2 aromatic rings. The van der Waals surface area contributed by atoms with Gasteiger partial charge in [-0.05, 0) is 36.2 Å². The zero-order valence-corrected chi connectivity index (χ0v) is 11.5. The van der Waals surface area contributed by atoms with E-state index in [4.69, 9.17) is 28.9 Å². The molecule has 0 aliphatic heterocycles. The Morgan fingerprint density at radius 3 is 2.68 bits per heavy atom. The van der Waals surface area contributed by atoms with Gasteiger partial charge in [-0.25, -0.2) is 9.97 Å². The van der Waals surface area contributed by atoms with Crippen LogP contribution in [0.15, 0.2) is 24.3 Å². The zero-order valence-electron chi connectivity index (χ0n) is 9.95. The molecule has 0 unspecified atom stereocenters. The fourth-order valence-corrected chi connectivity index (χ4v) is 1.93. The number of rotatable bonds is 2. The Bertz CT molecular complexity index is 625. The number of nitrogen functional groups attached to an aromatic ring is 1. The highest BCUT2D eigenvalue weighted by molar-refractivity contribution is 6.32. The molecule has 0 bridgehead atoms. The zero-order chi connectivity index (χ0) is 14.0. The lowest BCUT2D eigenvalue weighted by atomic mass is 10.1. The number of nitrogens with zero attached hydrogens (tertiary/aromatic N) is 2. The fraction of sp³-hybridized carbons (Fsp3) is 0.0833.